The van der Waals surface area contributed by atoms with Gasteiger partial charge in [0.25, 0.3) is 0 Å². The predicted octanol–water partition coefficient (Wildman–Crippen LogP) is 2.62. The highest BCUT2D eigenvalue weighted by molar-refractivity contribution is 7.53. The van der Waals surface area contributed by atoms with Gasteiger partial charge in [-0.05, 0) is 38.3 Å². The monoisotopic (exact) mass is 455 g/mol. The maximum absolute atomic E-state index is 12.7. The fourth-order valence-corrected chi connectivity index (χ4v) is 5.13. The van der Waals surface area contributed by atoms with Crippen LogP contribution in [0.1, 0.15) is 31.9 Å². The van der Waals surface area contributed by atoms with E-state index < -0.39 is 13.6 Å². The largest absolute Gasteiger partial charge is 0.450 e. The Balaban J connectivity index is 1.88. The van der Waals surface area contributed by atoms with Crippen LogP contribution in [0.3, 0.4) is 0 Å². The summed E-state index contributed by atoms with van der Waals surface area (Å²) in [7, 11) is -3.16. The predicted molar refractivity (Wildman–Crippen MR) is 118 cm³/mol. The fraction of sp³-hybridized carbons (Fsp3) is 0.619. The first-order valence-corrected chi connectivity index (χ1v) is 12.5. The number of carbonyl (C=O) groups excluding carboxylic acids is 2. The highest BCUT2D eigenvalue weighted by Crippen LogP contribution is 2.51. The lowest BCUT2D eigenvalue weighted by Gasteiger charge is -2.35. The summed E-state index contributed by atoms with van der Waals surface area (Å²) in [5.74, 6) is -0.134. The van der Waals surface area contributed by atoms with E-state index in [1.807, 2.05) is 24.3 Å². The number of nitrogens with zero attached hydrogens (tertiary/aromatic N) is 2. The van der Waals surface area contributed by atoms with Crippen LogP contribution in [0.4, 0.5) is 4.79 Å². The maximum Gasteiger partial charge on any atom is 0.409 e. The second-order valence-corrected chi connectivity index (χ2v) is 9.30. The van der Waals surface area contributed by atoms with Gasteiger partial charge in [0.05, 0.1) is 32.0 Å². The summed E-state index contributed by atoms with van der Waals surface area (Å²) < 4.78 is 28.3. The van der Waals surface area contributed by atoms with Crippen molar-refractivity contribution in [1.82, 2.24) is 9.80 Å². The molecule has 0 aromatic heterocycles. The lowest BCUT2D eigenvalue weighted by Crippen LogP contribution is -2.54. The molecule has 1 aromatic rings. The van der Waals surface area contributed by atoms with Crippen molar-refractivity contribution in [2.24, 2.45) is 5.73 Å². The number of nitrogens with two attached hydrogens (primary N) is 1. The molecule has 0 radical (unpaired) electrons. The molecule has 0 spiro atoms. The molecule has 1 fully saturated rings. The molecule has 9 nitrogen and oxygen atoms in total. The minimum atomic E-state index is -3.16. The molecule has 0 unspecified atom stereocenters. The molecule has 174 valence electrons. The summed E-state index contributed by atoms with van der Waals surface area (Å²) in [5.41, 5.74) is 7.91. The zero-order chi connectivity index (χ0) is 22.9. The van der Waals surface area contributed by atoms with Crippen LogP contribution in [0, 0.1) is 0 Å². The SMILES string of the molecule is CCOC(=O)N1CCN(C(=O)[C@@H](N)Cc2ccc(CP(=O)(OCC)OCC)cc2)CC1. The first kappa shape index (κ1) is 25.3. The summed E-state index contributed by atoms with van der Waals surface area (Å²) in [6, 6.07) is 6.80. The van der Waals surface area contributed by atoms with Crippen LogP contribution in [-0.4, -0.2) is 73.8 Å². The molecule has 2 amide bonds. The molecule has 0 aliphatic carbocycles. The van der Waals surface area contributed by atoms with Crippen molar-refractivity contribution in [2.45, 2.75) is 39.4 Å². The van der Waals surface area contributed by atoms with Gasteiger partial charge in [-0.15, -0.1) is 0 Å². The maximum atomic E-state index is 12.7. The van der Waals surface area contributed by atoms with Crippen molar-refractivity contribution in [2.75, 3.05) is 46.0 Å². The molecule has 31 heavy (non-hydrogen) atoms. The van der Waals surface area contributed by atoms with Gasteiger partial charge in [0, 0.05) is 26.2 Å². The van der Waals surface area contributed by atoms with E-state index in [9.17, 15) is 14.2 Å². The van der Waals surface area contributed by atoms with Gasteiger partial charge in [-0.1, -0.05) is 24.3 Å². The minimum absolute atomic E-state index is 0.134. The third-order valence-electron chi connectivity index (χ3n) is 4.94. The summed E-state index contributed by atoms with van der Waals surface area (Å²) in [5, 5.41) is 0. The lowest BCUT2D eigenvalue weighted by molar-refractivity contribution is -0.134. The van der Waals surface area contributed by atoms with Crippen LogP contribution in [0.2, 0.25) is 0 Å². The van der Waals surface area contributed by atoms with E-state index in [0.29, 0.717) is 52.4 Å². The second-order valence-electron chi connectivity index (χ2n) is 7.24. The van der Waals surface area contributed by atoms with Gasteiger partial charge in [-0.25, -0.2) is 4.79 Å². The highest BCUT2D eigenvalue weighted by atomic mass is 31.2. The third-order valence-corrected chi connectivity index (χ3v) is 7.00. The molecule has 1 aromatic carbocycles. The summed E-state index contributed by atoms with van der Waals surface area (Å²) in [6.45, 7) is 8.05. The van der Waals surface area contributed by atoms with Gasteiger partial charge in [0.2, 0.25) is 5.91 Å². The quantitative estimate of drug-likeness (QED) is 0.540. The first-order valence-electron chi connectivity index (χ1n) is 10.7. The van der Waals surface area contributed by atoms with E-state index in [1.165, 1.54) is 0 Å². The highest BCUT2D eigenvalue weighted by Gasteiger charge is 2.28. The van der Waals surface area contributed by atoms with Crippen molar-refractivity contribution >= 4 is 19.6 Å². The van der Waals surface area contributed by atoms with Crippen molar-refractivity contribution in [3.8, 4) is 0 Å². The molecule has 1 aliphatic rings. The Labute approximate surface area is 184 Å². The van der Waals surface area contributed by atoms with Gasteiger partial charge < -0.3 is 29.3 Å². The van der Waals surface area contributed by atoms with Crippen molar-refractivity contribution in [3.63, 3.8) is 0 Å². The zero-order valence-electron chi connectivity index (χ0n) is 18.6. The number of benzene rings is 1. The standard InChI is InChI=1S/C21H34N3O6P/c1-4-28-21(26)24-13-11-23(12-14-24)20(25)19(22)15-17-7-9-18(10-8-17)16-31(27,29-5-2)30-6-3/h7-10,19H,4-6,11-16,22H2,1-3H3/t19-/m0/s1. The van der Waals surface area contributed by atoms with Crippen LogP contribution in [-0.2, 0) is 35.7 Å². The summed E-state index contributed by atoms with van der Waals surface area (Å²) in [4.78, 5) is 27.8. The van der Waals surface area contributed by atoms with Gasteiger partial charge >= 0.3 is 13.7 Å². The number of hydrogen-bond donors (Lipinski definition) is 1. The second kappa shape index (κ2) is 12.2. The van der Waals surface area contributed by atoms with E-state index in [0.717, 1.165) is 11.1 Å². The fourth-order valence-electron chi connectivity index (χ4n) is 3.43. The van der Waals surface area contributed by atoms with Gasteiger partial charge in [-0.3, -0.25) is 9.36 Å². The Morgan fingerprint density at radius 2 is 1.45 bits per heavy atom. The molecule has 1 saturated heterocycles. The Morgan fingerprint density at radius 1 is 0.935 bits per heavy atom. The molecular weight excluding hydrogens is 421 g/mol. The smallest absolute Gasteiger partial charge is 0.409 e. The number of rotatable bonds is 10. The average molecular weight is 455 g/mol. The Kier molecular flexibility index (Phi) is 9.96. The number of piperazine rings is 1. The van der Waals surface area contributed by atoms with Crippen molar-refractivity contribution in [3.05, 3.63) is 35.4 Å². The molecule has 1 heterocycles. The van der Waals surface area contributed by atoms with E-state index in [1.54, 1.807) is 30.6 Å². The van der Waals surface area contributed by atoms with Crippen LogP contribution in [0.15, 0.2) is 24.3 Å². The van der Waals surface area contributed by atoms with E-state index in [2.05, 4.69) is 0 Å². The van der Waals surface area contributed by atoms with E-state index >= 15 is 0 Å². The number of ether oxygens (including phenoxy) is 1. The van der Waals surface area contributed by atoms with Crippen molar-refractivity contribution in [1.29, 1.82) is 0 Å². The van der Waals surface area contributed by atoms with Crippen LogP contribution < -0.4 is 5.73 Å². The Morgan fingerprint density at radius 3 is 1.97 bits per heavy atom. The average Bonchev–Trinajstić information content (AvgIpc) is 2.75. The number of amides is 2. The number of hydrogen-bond acceptors (Lipinski definition) is 7. The Bertz CT molecular complexity index is 755. The zero-order valence-corrected chi connectivity index (χ0v) is 19.5. The molecular formula is C21H34N3O6P. The topological polar surface area (TPSA) is 111 Å². The Hall–Kier alpha value is -1.93. The third kappa shape index (κ3) is 7.61. The minimum Gasteiger partial charge on any atom is -0.450 e. The molecule has 10 heteroatoms. The molecule has 1 aliphatic heterocycles. The number of carbonyl (C=O) groups is 2. The first-order chi connectivity index (χ1) is 14.8. The summed E-state index contributed by atoms with van der Waals surface area (Å²) >= 11 is 0. The van der Waals surface area contributed by atoms with Gasteiger partial charge in [0.1, 0.15) is 0 Å². The molecule has 2 N–H and O–H groups in total. The van der Waals surface area contributed by atoms with Gasteiger partial charge in [-0.2, -0.15) is 0 Å². The van der Waals surface area contributed by atoms with Gasteiger partial charge in [0.15, 0.2) is 0 Å². The normalized spacial score (nSPS) is 15.6. The van der Waals surface area contributed by atoms with Crippen LogP contribution >= 0.6 is 7.60 Å². The summed E-state index contributed by atoms with van der Waals surface area (Å²) in [6.07, 6.45) is 0.244. The van der Waals surface area contributed by atoms with Crippen LogP contribution in [0.5, 0.6) is 0 Å². The van der Waals surface area contributed by atoms with Crippen LogP contribution in [0.25, 0.3) is 0 Å². The lowest BCUT2D eigenvalue weighted by atomic mass is 10.0. The molecule has 0 bridgehead atoms. The van der Waals surface area contributed by atoms with E-state index in [4.69, 9.17) is 19.5 Å². The van der Waals surface area contributed by atoms with E-state index in [-0.39, 0.29) is 18.2 Å². The molecule has 2 rings (SSSR count). The van der Waals surface area contributed by atoms with Crippen molar-refractivity contribution < 1.29 is 27.9 Å². The molecule has 1 atom stereocenters. The molecule has 0 saturated carbocycles.